The minimum absolute atomic E-state index is 0.00133. The number of amides is 12. The van der Waals surface area contributed by atoms with Crippen molar-refractivity contribution in [2.75, 3.05) is 88.6 Å². The van der Waals surface area contributed by atoms with E-state index in [0.29, 0.717) is 74.0 Å². The Hall–Kier alpha value is -6.63. The fraction of sp³-hybridized carbons (Fsp3) is 0.829. The second kappa shape index (κ2) is 35.6. The predicted octanol–water partition coefficient (Wildman–Crippen LogP) is 6.25. The molecule has 24 nitrogen and oxygen atoms in total. The number of hydrogen-bond acceptors (Lipinski definition) is 12. The number of nitrogens with one attached hydrogen (secondary N) is 3. The maximum absolute atomic E-state index is 16.2. The molecule has 7 aliphatic rings. The van der Waals surface area contributed by atoms with Gasteiger partial charge < -0.3 is 60.0 Å². The molecule has 7 fully saturated rings. The van der Waals surface area contributed by atoms with Gasteiger partial charge in [-0.3, -0.25) is 57.5 Å². The lowest BCUT2D eigenvalue weighted by Crippen LogP contribution is -2.65. The molecular formula is C70H107ClF8N12O12. The van der Waals surface area contributed by atoms with Crippen LogP contribution in [0, 0.1) is 29.6 Å². The van der Waals surface area contributed by atoms with Crippen molar-refractivity contribution >= 4 is 82.5 Å². The summed E-state index contributed by atoms with van der Waals surface area (Å²) in [6, 6.07) is -12.2. The second-order valence-electron chi connectivity index (χ2n) is 30.4. The van der Waals surface area contributed by atoms with Crippen molar-refractivity contribution in [2.24, 2.45) is 29.6 Å². The number of fused-ring (bicyclic) bond motifs is 1. The van der Waals surface area contributed by atoms with Gasteiger partial charge >= 0.3 is 12.4 Å². The summed E-state index contributed by atoms with van der Waals surface area (Å²) < 4.78 is 119. The molecule has 3 N–H and O–H groups in total. The van der Waals surface area contributed by atoms with Crippen LogP contribution in [0.4, 0.5) is 35.1 Å². The van der Waals surface area contributed by atoms with Crippen LogP contribution in [0.1, 0.15) is 181 Å². The van der Waals surface area contributed by atoms with Crippen LogP contribution >= 0.6 is 11.6 Å². The molecular weight excluding hydrogens is 1390 g/mol. The molecule has 0 radical (unpaired) electrons. The van der Waals surface area contributed by atoms with E-state index in [1.807, 2.05) is 0 Å². The monoisotopic (exact) mass is 1490 g/mol. The van der Waals surface area contributed by atoms with Crippen LogP contribution < -0.4 is 16.0 Å². The zero-order valence-electron chi connectivity index (χ0n) is 61.0. The first kappa shape index (κ1) is 83.6. The van der Waals surface area contributed by atoms with Crippen molar-refractivity contribution in [1.82, 2.24) is 60.0 Å². The third-order valence-electron chi connectivity index (χ3n) is 23.0. The number of halogens is 9. The molecule has 4 saturated carbocycles. The van der Waals surface area contributed by atoms with Crippen molar-refractivity contribution in [3.8, 4) is 0 Å². The van der Waals surface area contributed by atoms with Crippen molar-refractivity contribution in [3.63, 3.8) is 0 Å². The van der Waals surface area contributed by atoms with Gasteiger partial charge in [-0.2, -0.15) is 26.3 Å². The summed E-state index contributed by atoms with van der Waals surface area (Å²) in [6.07, 6.45) is -6.54. The van der Waals surface area contributed by atoms with E-state index in [2.05, 4.69) is 16.0 Å². The van der Waals surface area contributed by atoms with Crippen LogP contribution in [-0.4, -0.2) is 275 Å². The van der Waals surface area contributed by atoms with E-state index in [0.717, 1.165) is 62.1 Å². The van der Waals surface area contributed by atoms with Gasteiger partial charge in [-0.25, -0.2) is 8.78 Å². The normalized spacial score (nSPS) is 30.1. The molecule has 3 unspecified atom stereocenters. The first-order valence-electron chi connectivity index (χ1n) is 36.6. The van der Waals surface area contributed by atoms with Gasteiger partial charge in [-0.05, 0) is 101 Å². The number of nitrogens with zero attached hydrogens (tertiary/aromatic N) is 9. The van der Waals surface area contributed by atoms with Crippen LogP contribution in [-0.2, 0) is 57.5 Å². The summed E-state index contributed by atoms with van der Waals surface area (Å²) in [4.78, 5) is 186. The Balaban J connectivity index is 1.30. The van der Waals surface area contributed by atoms with E-state index >= 15 is 28.0 Å². The average Bonchev–Trinajstić information content (AvgIpc) is 1.70. The highest BCUT2D eigenvalue weighted by Gasteiger charge is 2.56. The first-order valence-corrected chi connectivity index (χ1v) is 37.1. The maximum atomic E-state index is 16.2. The number of carbonyl (C=O) groups is 12. The van der Waals surface area contributed by atoms with Crippen LogP contribution in [0.5, 0.6) is 0 Å². The molecule has 12 amide bonds. The zero-order valence-corrected chi connectivity index (χ0v) is 61.7. The molecule has 0 aromatic heterocycles. The SMILES string of the molecule is CC[C@H](C)[C@@H]1NC(=O)[C@H](CC(F)(F)F)N(C)C(=O)C[C@@H](C(=O)N2CCCC2)N(C)C(=O)[C@H](C2CCCCC2)N(C)C(=O)C2(CCCC2)NC(=O)[C@@H]2CC(F)(F)CN2C(=O)[C@H](CCC2CCC(C(F)(F)F)C(Cl)C2)NC(=O)CN(C)C(=O)[C@H](CC2CCCCC2)N(C)C(=O)CN(C)C(=O)CN(C)C1=O. The molecule has 7 rings (SSSR count). The summed E-state index contributed by atoms with van der Waals surface area (Å²) in [7, 11) is 8.45. The third-order valence-corrected chi connectivity index (χ3v) is 23.4. The smallest absolute Gasteiger partial charge is 0.343 e. The van der Waals surface area contributed by atoms with Crippen molar-refractivity contribution < 1.29 is 92.7 Å². The molecule has 0 aromatic carbocycles. The van der Waals surface area contributed by atoms with E-state index in [1.54, 1.807) is 6.92 Å². The highest BCUT2D eigenvalue weighted by atomic mass is 35.5. The standard InChI is InChI=1S/C70H107ClF8N12O12/c1-10-42(2)57-64(101)85(5)39-55(94)83(3)40-56(95)86(6)49(34-43-21-13-11-14-22-43)62(99)84(4)38-53(92)80-48(28-26-44-25-27-46(47(71)33-44)70(77,78)79)61(98)91-41-68(72,73)36-52(91)60(97)82-67(29-17-18-30-67)66(103)89(9)58(45-23-15-12-16-24-45)65(102)88(8)50(63(100)90-31-19-20-32-90)35-54(93)87(7)51(59(96)81-57)37-69(74,75)76/h42-52,57-58H,10-41H2,1-9H3,(H,80,92)(H,81,96)(H,82,97)/t42-,44?,46?,47?,48-,49-,50-,51-,52-,57-,58-/m0/s1. The largest absolute Gasteiger partial charge is 0.393 e. The van der Waals surface area contributed by atoms with Crippen molar-refractivity contribution in [2.45, 2.75) is 252 Å². The number of rotatable bonds is 10. The van der Waals surface area contributed by atoms with E-state index < -0.39 is 211 Å². The summed E-state index contributed by atoms with van der Waals surface area (Å²) in [5.74, 6) is -19.4. The summed E-state index contributed by atoms with van der Waals surface area (Å²) in [6.45, 7) is -0.0442. The van der Waals surface area contributed by atoms with E-state index in [9.17, 15) is 64.7 Å². The maximum Gasteiger partial charge on any atom is 0.393 e. The summed E-state index contributed by atoms with van der Waals surface area (Å²) in [5, 5.41) is 6.36. The minimum Gasteiger partial charge on any atom is -0.343 e. The Kier molecular flexibility index (Phi) is 28.9. The molecule has 3 heterocycles. The fourth-order valence-electron chi connectivity index (χ4n) is 16.4. The van der Waals surface area contributed by atoms with Gasteiger partial charge in [-0.15, -0.1) is 11.6 Å². The Morgan fingerprint density at radius 3 is 1.77 bits per heavy atom. The Labute approximate surface area is 603 Å². The second-order valence-corrected chi connectivity index (χ2v) is 31.0. The average molecular weight is 1500 g/mol. The molecule has 3 saturated heterocycles. The van der Waals surface area contributed by atoms with E-state index in [1.165, 1.54) is 54.1 Å². The van der Waals surface area contributed by atoms with Crippen LogP contribution in [0.25, 0.3) is 0 Å². The molecule has 1 spiro atoms. The summed E-state index contributed by atoms with van der Waals surface area (Å²) in [5.41, 5.74) is -1.91. The topological polar surface area (TPSA) is 270 Å². The Morgan fingerprint density at radius 2 is 1.18 bits per heavy atom. The van der Waals surface area contributed by atoms with Gasteiger partial charge in [0.25, 0.3) is 5.92 Å². The number of carbonyl (C=O) groups excluding carboxylic acids is 12. The molecule has 4 aliphatic carbocycles. The Bertz CT molecular complexity index is 3060. The van der Waals surface area contributed by atoms with Crippen molar-refractivity contribution in [3.05, 3.63) is 0 Å². The predicted molar refractivity (Wildman–Crippen MR) is 361 cm³/mol. The van der Waals surface area contributed by atoms with E-state index in [4.69, 9.17) is 11.6 Å². The van der Waals surface area contributed by atoms with Gasteiger partial charge in [-0.1, -0.05) is 84.5 Å². The molecule has 103 heavy (non-hydrogen) atoms. The van der Waals surface area contributed by atoms with Crippen molar-refractivity contribution in [1.29, 1.82) is 0 Å². The number of likely N-dealkylation sites (tertiary alicyclic amines) is 1. The van der Waals surface area contributed by atoms with E-state index in [-0.39, 0.29) is 76.8 Å². The molecule has 0 aromatic rings. The lowest BCUT2D eigenvalue weighted by molar-refractivity contribution is -0.182. The van der Waals surface area contributed by atoms with Gasteiger partial charge in [0.05, 0.1) is 44.9 Å². The van der Waals surface area contributed by atoms with Gasteiger partial charge in [0.15, 0.2) is 0 Å². The molecule has 11 atom stereocenters. The van der Waals surface area contributed by atoms with Crippen LogP contribution in [0.2, 0.25) is 0 Å². The van der Waals surface area contributed by atoms with Crippen LogP contribution in [0.3, 0.4) is 0 Å². The molecule has 33 heteroatoms. The quantitative estimate of drug-likeness (QED) is 0.162. The van der Waals surface area contributed by atoms with Gasteiger partial charge in [0.2, 0.25) is 70.9 Å². The first-order chi connectivity index (χ1) is 48.2. The zero-order chi connectivity index (χ0) is 76.4. The molecule has 3 aliphatic heterocycles. The molecule has 0 bridgehead atoms. The fourth-order valence-corrected chi connectivity index (χ4v) is 16.9. The highest BCUT2D eigenvalue weighted by Crippen LogP contribution is 2.45. The number of alkyl halides is 9. The number of likely N-dealkylation sites (N-methyl/N-ethyl adjacent to an activating group) is 7. The van der Waals surface area contributed by atoms with Gasteiger partial charge in [0, 0.05) is 74.2 Å². The Morgan fingerprint density at radius 1 is 0.602 bits per heavy atom. The highest BCUT2D eigenvalue weighted by molar-refractivity contribution is 6.21. The van der Waals surface area contributed by atoms with Gasteiger partial charge in [0.1, 0.15) is 47.8 Å². The lowest BCUT2D eigenvalue weighted by atomic mass is 9.78. The summed E-state index contributed by atoms with van der Waals surface area (Å²) >= 11 is 6.33. The lowest BCUT2D eigenvalue weighted by Gasteiger charge is -2.43. The minimum atomic E-state index is -5.13. The number of hydrogen-bond donors (Lipinski definition) is 3. The third kappa shape index (κ3) is 21.3. The molecule has 582 valence electrons. The van der Waals surface area contributed by atoms with Crippen LogP contribution in [0.15, 0.2) is 0 Å².